The number of nitrogens with zero attached hydrogens (tertiary/aromatic N) is 1. The Morgan fingerprint density at radius 3 is 2.94 bits per heavy atom. The van der Waals surface area contributed by atoms with Gasteiger partial charge >= 0.3 is 0 Å². The van der Waals surface area contributed by atoms with E-state index in [9.17, 15) is 4.39 Å². The Hall–Kier alpha value is -0.450. The monoisotopic (exact) mass is 314 g/mol. The molecule has 1 aromatic rings. The highest BCUT2D eigenvalue weighted by Gasteiger charge is 2.30. The minimum absolute atomic E-state index is 0.192. The zero-order valence-corrected chi connectivity index (χ0v) is 12.5. The van der Waals surface area contributed by atoms with E-state index >= 15 is 0 Å². The first kappa shape index (κ1) is 14.0. The van der Waals surface area contributed by atoms with Gasteiger partial charge in [0.05, 0.1) is 4.47 Å². The van der Waals surface area contributed by atoms with Crippen LogP contribution in [0.5, 0.6) is 0 Å². The van der Waals surface area contributed by atoms with Crippen LogP contribution >= 0.6 is 15.9 Å². The Balaban J connectivity index is 2.28. The van der Waals surface area contributed by atoms with Crippen molar-refractivity contribution in [1.29, 1.82) is 0 Å². The second kappa shape index (κ2) is 6.13. The van der Waals surface area contributed by atoms with Crippen molar-refractivity contribution in [3.63, 3.8) is 0 Å². The molecular weight excluding hydrogens is 295 g/mol. The molecule has 0 aliphatic carbocycles. The van der Waals surface area contributed by atoms with E-state index in [0.29, 0.717) is 16.4 Å². The summed E-state index contributed by atoms with van der Waals surface area (Å²) in [5, 5.41) is 3.27. The Morgan fingerprint density at radius 2 is 2.28 bits per heavy atom. The molecule has 2 atom stereocenters. The molecule has 0 saturated carbocycles. The fourth-order valence-corrected chi connectivity index (χ4v) is 3.36. The SMILES string of the molecule is CNCC1CCCN(C)C1c1ccc(F)c(Br)c1. The minimum Gasteiger partial charge on any atom is -0.319 e. The lowest BCUT2D eigenvalue weighted by Crippen LogP contribution is -2.39. The highest BCUT2D eigenvalue weighted by atomic mass is 79.9. The Morgan fingerprint density at radius 1 is 1.50 bits per heavy atom. The average Bonchev–Trinajstić information content (AvgIpc) is 2.34. The van der Waals surface area contributed by atoms with Gasteiger partial charge in [-0.3, -0.25) is 4.90 Å². The fourth-order valence-electron chi connectivity index (χ4n) is 2.96. The van der Waals surface area contributed by atoms with E-state index in [-0.39, 0.29) is 5.82 Å². The second-order valence-electron chi connectivity index (χ2n) is 5.06. The van der Waals surface area contributed by atoms with Gasteiger partial charge in [-0.1, -0.05) is 6.07 Å². The van der Waals surface area contributed by atoms with Crippen LogP contribution in [0.3, 0.4) is 0 Å². The van der Waals surface area contributed by atoms with Crippen molar-refractivity contribution in [2.24, 2.45) is 5.92 Å². The maximum Gasteiger partial charge on any atom is 0.137 e. The van der Waals surface area contributed by atoms with Gasteiger partial charge in [-0.05, 0) is 79.6 Å². The van der Waals surface area contributed by atoms with Crippen LogP contribution < -0.4 is 5.32 Å². The number of benzene rings is 1. The van der Waals surface area contributed by atoms with Crippen molar-refractivity contribution < 1.29 is 4.39 Å². The third kappa shape index (κ3) is 2.92. The summed E-state index contributed by atoms with van der Waals surface area (Å²) in [7, 11) is 4.15. The lowest BCUT2D eigenvalue weighted by molar-refractivity contribution is 0.121. The number of likely N-dealkylation sites (tertiary alicyclic amines) is 1. The number of hydrogen-bond acceptors (Lipinski definition) is 2. The predicted molar refractivity (Wildman–Crippen MR) is 76.1 cm³/mol. The van der Waals surface area contributed by atoms with Crippen LogP contribution in [-0.4, -0.2) is 32.1 Å². The van der Waals surface area contributed by atoms with Crippen molar-refractivity contribution in [3.05, 3.63) is 34.1 Å². The summed E-state index contributed by atoms with van der Waals surface area (Å²) >= 11 is 3.28. The van der Waals surface area contributed by atoms with E-state index in [4.69, 9.17) is 0 Å². The van der Waals surface area contributed by atoms with Crippen LogP contribution in [0.2, 0.25) is 0 Å². The van der Waals surface area contributed by atoms with Gasteiger partial charge in [0.2, 0.25) is 0 Å². The highest BCUT2D eigenvalue weighted by molar-refractivity contribution is 9.10. The van der Waals surface area contributed by atoms with E-state index in [2.05, 4.69) is 33.2 Å². The summed E-state index contributed by atoms with van der Waals surface area (Å²) in [6, 6.07) is 5.76. The zero-order chi connectivity index (χ0) is 13.1. The maximum absolute atomic E-state index is 13.3. The number of rotatable bonds is 3. The van der Waals surface area contributed by atoms with Crippen molar-refractivity contribution in [1.82, 2.24) is 10.2 Å². The van der Waals surface area contributed by atoms with Gasteiger partial charge < -0.3 is 5.32 Å². The molecule has 100 valence electrons. The summed E-state index contributed by atoms with van der Waals surface area (Å²) in [6.07, 6.45) is 2.46. The number of hydrogen-bond donors (Lipinski definition) is 1. The summed E-state index contributed by atoms with van der Waals surface area (Å²) in [5.41, 5.74) is 1.20. The third-order valence-corrected chi connectivity index (χ3v) is 4.37. The van der Waals surface area contributed by atoms with Gasteiger partial charge in [0.1, 0.15) is 5.82 Å². The third-order valence-electron chi connectivity index (χ3n) is 3.76. The maximum atomic E-state index is 13.3. The molecule has 1 fully saturated rings. The first-order chi connectivity index (χ1) is 8.63. The lowest BCUT2D eigenvalue weighted by atomic mass is 9.85. The van der Waals surface area contributed by atoms with E-state index in [1.807, 2.05) is 19.2 Å². The van der Waals surface area contributed by atoms with Gasteiger partial charge in [0.25, 0.3) is 0 Å². The quantitative estimate of drug-likeness (QED) is 0.921. The smallest absolute Gasteiger partial charge is 0.137 e. The molecule has 0 aromatic heterocycles. The van der Waals surface area contributed by atoms with Crippen molar-refractivity contribution >= 4 is 15.9 Å². The van der Waals surface area contributed by atoms with Gasteiger partial charge in [0.15, 0.2) is 0 Å². The Kier molecular flexibility index (Phi) is 4.76. The number of nitrogens with one attached hydrogen (secondary N) is 1. The van der Waals surface area contributed by atoms with Gasteiger partial charge in [-0.15, -0.1) is 0 Å². The first-order valence-corrected chi connectivity index (χ1v) is 7.22. The van der Waals surface area contributed by atoms with Gasteiger partial charge in [-0.25, -0.2) is 4.39 Å². The molecule has 1 aliphatic heterocycles. The molecule has 2 rings (SSSR count). The molecule has 0 radical (unpaired) electrons. The standard InChI is InChI=1S/C14H20BrFN2/c1-17-9-11-4-3-7-18(2)14(11)10-5-6-13(16)12(15)8-10/h5-6,8,11,14,17H,3-4,7,9H2,1-2H3. The second-order valence-corrected chi connectivity index (χ2v) is 5.91. The summed E-state index contributed by atoms with van der Waals surface area (Å²) in [6.45, 7) is 2.11. The van der Waals surface area contributed by atoms with Gasteiger partial charge in [-0.2, -0.15) is 0 Å². The van der Waals surface area contributed by atoms with E-state index in [1.165, 1.54) is 18.4 Å². The molecule has 1 saturated heterocycles. The predicted octanol–water partition coefficient (Wildman–Crippen LogP) is 3.19. The van der Waals surface area contributed by atoms with Crippen LogP contribution in [0.15, 0.2) is 22.7 Å². The van der Waals surface area contributed by atoms with Crippen molar-refractivity contribution in [2.45, 2.75) is 18.9 Å². The highest BCUT2D eigenvalue weighted by Crippen LogP contribution is 2.35. The molecule has 0 spiro atoms. The average molecular weight is 315 g/mol. The van der Waals surface area contributed by atoms with Crippen LogP contribution in [0.25, 0.3) is 0 Å². The molecule has 18 heavy (non-hydrogen) atoms. The molecular formula is C14H20BrFN2. The molecule has 2 nitrogen and oxygen atoms in total. The summed E-state index contributed by atoms with van der Waals surface area (Å²) < 4.78 is 13.9. The van der Waals surface area contributed by atoms with Gasteiger partial charge in [0, 0.05) is 6.04 Å². The zero-order valence-electron chi connectivity index (χ0n) is 10.9. The van der Waals surface area contributed by atoms with Crippen LogP contribution in [0.1, 0.15) is 24.4 Å². The largest absolute Gasteiger partial charge is 0.319 e. The van der Waals surface area contributed by atoms with Crippen LogP contribution in [-0.2, 0) is 0 Å². The van der Waals surface area contributed by atoms with E-state index < -0.39 is 0 Å². The van der Waals surface area contributed by atoms with Crippen molar-refractivity contribution in [2.75, 3.05) is 27.2 Å². The molecule has 1 aliphatic rings. The summed E-state index contributed by atoms with van der Waals surface area (Å²) in [4.78, 5) is 2.38. The molecule has 1 N–H and O–H groups in total. The molecule has 0 bridgehead atoms. The minimum atomic E-state index is -0.192. The van der Waals surface area contributed by atoms with Crippen molar-refractivity contribution in [3.8, 4) is 0 Å². The molecule has 1 aromatic carbocycles. The fraction of sp³-hybridized carbons (Fsp3) is 0.571. The summed E-state index contributed by atoms with van der Waals surface area (Å²) in [5.74, 6) is 0.397. The van der Waals surface area contributed by atoms with E-state index in [1.54, 1.807) is 6.07 Å². The van der Waals surface area contributed by atoms with Crippen LogP contribution in [0, 0.1) is 11.7 Å². The Bertz CT molecular complexity index is 409. The number of piperidine rings is 1. The molecule has 4 heteroatoms. The van der Waals surface area contributed by atoms with Crippen LogP contribution in [0.4, 0.5) is 4.39 Å². The lowest BCUT2D eigenvalue weighted by Gasteiger charge is -2.39. The molecule has 2 unspecified atom stereocenters. The normalized spacial score (nSPS) is 25.3. The molecule has 1 heterocycles. The van der Waals surface area contributed by atoms with E-state index in [0.717, 1.165) is 13.1 Å². The first-order valence-electron chi connectivity index (χ1n) is 6.43. The number of halogens is 2. The molecule has 0 amide bonds. The Labute approximate surface area is 117 Å². The topological polar surface area (TPSA) is 15.3 Å².